The first-order valence-corrected chi connectivity index (χ1v) is 5.10. The predicted molar refractivity (Wildman–Crippen MR) is 54.5 cm³/mol. The number of nitrogens with zero attached hydrogens (tertiary/aromatic N) is 2. The number of alkyl halides is 3. The van der Waals surface area contributed by atoms with Crippen molar-refractivity contribution in [1.29, 1.82) is 0 Å². The van der Waals surface area contributed by atoms with E-state index in [2.05, 4.69) is 15.5 Å². The van der Waals surface area contributed by atoms with Crippen molar-refractivity contribution in [1.82, 2.24) is 15.5 Å². The molecule has 2 aromatic heterocycles. The first kappa shape index (κ1) is 12.6. The summed E-state index contributed by atoms with van der Waals surface area (Å²) in [7, 11) is 0. The van der Waals surface area contributed by atoms with Gasteiger partial charge in [-0.15, -0.1) is 0 Å². The molecule has 5 nitrogen and oxygen atoms in total. The summed E-state index contributed by atoms with van der Waals surface area (Å²) in [5.74, 6) is 0.743. The number of rotatable bonds is 4. The van der Waals surface area contributed by atoms with E-state index in [-0.39, 0.29) is 18.3 Å². The average Bonchev–Trinajstić information content (AvgIpc) is 2.84. The molecule has 0 saturated carbocycles. The summed E-state index contributed by atoms with van der Waals surface area (Å²) in [5, 5.41) is 5.80. The number of hydrogen-bond donors (Lipinski definition) is 1. The highest BCUT2D eigenvalue weighted by Gasteiger charge is 2.26. The lowest BCUT2D eigenvalue weighted by molar-refractivity contribution is -0.125. The summed E-state index contributed by atoms with van der Waals surface area (Å²) in [4.78, 5) is 3.93. The van der Waals surface area contributed by atoms with Gasteiger partial charge in [-0.1, -0.05) is 5.16 Å². The van der Waals surface area contributed by atoms with Gasteiger partial charge in [-0.25, -0.2) is 0 Å². The third kappa shape index (κ3) is 3.10. The summed E-state index contributed by atoms with van der Waals surface area (Å²) in [6, 6.07) is 1.73. The molecular weight excluding hydrogens is 251 g/mol. The van der Waals surface area contributed by atoms with Crippen molar-refractivity contribution in [2.75, 3.05) is 6.54 Å². The van der Waals surface area contributed by atoms with Crippen molar-refractivity contribution in [2.24, 2.45) is 0 Å². The molecule has 2 aromatic rings. The molecule has 0 aliphatic heterocycles. The molecule has 0 aliphatic rings. The highest BCUT2D eigenvalue weighted by atomic mass is 19.4. The zero-order valence-electron chi connectivity index (χ0n) is 9.41. The minimum atomic E-state index is -4.26. The maximum absolute atomic E-state index is 11.9. The Bertz CT molecular complexity index is 518. The lowest BCUT2D eigenvalue weighted by Gasteiger charge is -2.05. The van der Waals surface area contributed by atoms with E-state index >= 15 is 0 Å². The van der Waals surface area contributed by atoms with Crippen LogP contribution in [-0.4, -0.2) is 22.9 Å². The zero-order chi connectivity index (χ0) is 13.2. The van der Waals surface area contributed by atoms with E-state index < -0.39 is 12.7 Å². The number of aryl methyl sites for hydroxylation is 1. The van der Waals surface area contributed by atoms with Crippen molar-refractivity contribution in [3.05, 3.63) is 23.8 Å². The van der Waals surface area contributed by atoms with Crippen LogP contribution >= 0.6 is 0 Å². The van der Waals surface area contributed by atoms with Crippen LogP contribution in [0.5, 0.6) is 0 Å². The highest BCUT2D eigenvalue weighted by molar-refractivity contribution is 5.50. The maximum atomic E-state index is 11.9. The van der Waals surface area contributed by atoms with E-state index in [1.807, 2.05) is 0 Å². The van der Waals surface area contributed by atoms with Crippen molar-refractivity contribution < 1.29 is 22.1 Å². The van der Waals surface area contributed by atoms with Gasteiger partial charge in [0.25, 0.3) is 0 Å². The molecule has 2 heterocycles. The van der Waals surface area contributed by atoms with Crippen LogP contribution in [0.4, 0.5) is 13.2 Å². The van der Waals surface area contributed by atoms with Gasteiger partial charge in [-0.2, -0.15) is 18.2 Å². The predicted octanol–water partition coefficient (Wildman–Crippen LogP) is 2.29. The molecule has 0 atom stereocenters. The molecule has 1 N–H and O–H groups in total. The maximum Gasteiger partial charge on any atom is 0.401 e. The van der Waals surface area contributed by atoms with Crippen LogP contribution < -0.4 is 5.32 Å². The Kier molecular flexibility index (Phi) is 3.37. The summed E-state index contributed by atoms with van der Waals surface area (Å²) >= 11 is 0. The van der Waals surface area contributed by atoms with Crippen LogP contribution in [0.15, 0.2) is 21.3 Å². The molecule has 0 spiro atoms. The molecule has 0 bridgehead atoms. The van der Waals surface area contributed by atoms with E-state index in [1.54, 1.807) is 13.0 Å². The second-order valence-electron chi connectivity index (χ2n) is 3.66. The van der Waals surface area contributed by atoms with Crippen molar-refractivity contribution in [3.63, 3.8) is 0 Å². The molecule has 0 saturated heterocycles. The molecule has 0 radical (unpaired) electrons. The number of nitrogens with one attached hydrogen (secondary N) is 1. The summed E-state index contributed by atoms with van der Waals surface area (Å²) in [6.45, 7) is 0.549. The van der Waals surface area contributed by atoms with Gasteiger partial charge in [0.1, 0.15) is 0 Å². The fourth-order valence-corrected chi connectivity index (χ4v) is 1.33. The molecule has 0 amide bonds. The van der Waals surface area contributed by atoms with Crippen LogP contribution in [0, 0.1) is 6.92 Å². The Morgan fingerprint density at radius 1 is 1.39 bits per heavy atom. The molecule has 98 valence electrons. The van der Waals surface area contributed by atoms with Crippen LogP contribution in [-0.2, 0) is 6.54 Å². The van der Waals surface area contributed by atoms with Crippen LogP contribution in [0.2, 0.25) is 0 Å². The van der Waals surface area contributed by atoms with Crippen LogP contribution in [0.3, 0.4) is 0 Å². The first-order chi connectivity index (χ1) is 8.46. The molecule has 0 aliphatic carbocycles. The lowest BCUT2D eigenvalue weighted by Crippen LogP contribution is -2.28. The van der Waals surface area contributed by atoms with Gasteiger partial charge in [-0.05, 0) is 18.6 Å². The van der Waals surface area contributed by atoms with Gasteiger partial charge >= 0.3 is 6.18 Å². The van der Waals surface area contributed by atoms with E-state index in [1.165, 1.54) is 6.26 Å². The lowest BCUT2D eigenvalue weighted by atomic mass is 10.3. The molecular formula is C10H10F3N3O2. The van der Waals surface area contributed by atoms with Gasteiger partial charge in [0.15, 0.2) is 5.76 Å². The Morgan fingerprint density at radius 2 is 2.17 bits per heavy atom. The van der Waals surface area contributed by atoms with Gasteiger partial charge in [0.2, 0.25) is 11.7 Å². The van der Waals surface area contributed by atoms with Gasteiger partial charge in [0, 0.05) is 0 Å². The number of halogens is 3. The normalized spacial score (nSPS) is 12.0. The summed E-state index contributed by atoms with van der Waals surface area (Å²) in [6.07, 6.45) is -2.79. The topological polar surface area (TPSA) is 64.1 Å². The highest BCUT2D eigenvalue weighted by Crippen LogP contribution is 2.21. The van der Waals surface area contributed by atoms with E-state index in [9.17, 15) is 13.2 Å². The second kappa shape index (κ2) is 4.81. The van der Waals surface area contributed by atoms with Gasteiger partial charge in [0.05, 0.1) is 19.4 Å². The largest absolute Gasteiger partial charge is 0.461 e. The standard InChI is InChI=1S/C10H10F3N3O2/c1-6-2-3-17-8(6)9-15-7(18-16-9)4-14-5-10(11,12)13/h2-3,14H,4-5H2,1H3. The second-order valence-corrected chi connectivity index (χ2v) is 3.66. The SMILES string of the molecule is Cc1ccoc1-c1noc(CNCC(F)(F)F)n1. The van der Waals surface area contributed by atoms with E-state index in [4.69, 9.17) is 8.94 Å². The van der Waals surface area contributed by atoms with Crippen molar-refractivity contribution in [3.8, 4) is 11.6 Å². The molecule has 2 rings (SSSR count). The number of aromatic nitrogens is 2. The zero-order valence-corrected chi connectivity index (χ0v) is 9.41. The molecule has 8 heteroatoms. The Labute approximate surface area is 100.0 Å². The Balaban J connectivity index is 1.97. The van der Waals surface area contributed by atoms with E-state index in [0.29, 0.717) is 5.76 Å². The summed E-state index contributed by atoms with van der Waals surface area (Å²) in [5.41, 5.74) is 0.825. The Morgan fingerprint density at radius 3 is 2.78 bits per heavy atom. The monoisotopic (exact) mass is 261 g/mol. The van der Waals surface area contributed by atoms with Crippen molar-refractivity contribution in [2.45, 2.75) is 19.6 Å². The number of furan rings is 1. The van der Waals surface area contributed by atoms with Crippen LogP contribution in [0.1, 0.15) is 11.5 Å². The smallest absolute Gasteiger partial charge is 0.401 e. The van der Waals surface area contributed by atoms with Crippen molar-refractivity contribution >= 4 is 0 Å². The third-order valence-electron chi connectivity index (χ3n) is 2.13. The van der Waals surface area contributed by atoms with Gasteiger partial charge < -0.3 is 14.3 Å². The van der Waals surface area contributed by atoms with Gasteiger partial charge in [-0.3, -0.25) is 0 Å². The van der Waals surface area contributed by atoms with E-state index in [0.717, 1.165) is 5.56 Å². The molecule has 18 heavy (non-hydrogen) atoms. The minimum Gasteiger partial charge on any atom is -0.461 e. The first-order valence-electron chi connectivity index (χ1n) is 5.10. The third-order valence-corrected chi connectivity index (χ3v) is 2.13. The van der Waals surface area contributed by atoms with Crippen LogP contribution in [0.25, 0.3) is 11.6 Å². The molecule has 0 fully saturated rings. The fraction of sp³-hybridized carbons (Fsp3) is 0.400. The number of hydrogen-bond acceptors (Lipinski definition) is 5. The summed E-state index contributed by atoms with van der Waals surface area (Å²) < 4.78 is 45.6. The molecule has 0 unspecified atom stereocenters. The Hall–Kier alpha value is -1.83. The molecule has 0 aromatic carbocycles. The fourth-order valence-electron chi connectivity index (χ4n) is 1.33. The average molecular weight is 261 g/mol. The minimum absolute atomic E-state index is 0.0741. The quantitative estimate of drug-likeness (QED) is 0.914.